The number of esters is 1. The number of hydrogen-bond donors (Lipinski definition) is 3. The van der Waals surface area contributed by atoms with E-state index in [-0.39, 0.29) is 24.9 Å². The highest BCUT2D eigenvalue weighted by molar-refractivity contribution is 5.78. The van der Waals surface area contributed by atoms with Gasteiger partial charge in [0.15, 0.2) is 0 Å². The van der Waals surface area contributed by atoms with Crippen LogP contribution in [0.1, 0.15) is 233 Å². The molecule has 3 atom stereocenters. The maximum atomic E-state index is 13.2. The Balaban J connectivity index is 4.79. The summed E-state index contributed by atoms with van der Waals surface area (Å²) in [5.41, 5.74) is 0. The second kappa shape index (κ2) is 50.8. The fourth-order valence-corrected chi connectivity index (χ4v) is 7.42. The van der Waals surface area contributed by atoms with Crippen molar-refractivity contribution in [3.05, 3.63) is 97.2 Å². The van der Waals surface area contributed by atoms with Crippen LogP contribution in [0.2, 0.25) is 0 Å². The normalized spacial score (nSPS) is 14.0. The number of hydrogen-bond acceptors (Lipinski definition) is 5. The lowest BCUT2D eigenvalue weighted by molar-refractivity contribution is -0.148. The molecule has 0 aliphatic rings. The van der Waals surface area contributed by atoms with E-state index in [1.807, 2.05) is 6.08 Å². The van der Waals surface area contributed by atoms with Crippen molar-refractivity contribution >= 4 is 11.9 Å². The maximum absolute atomic E-state index is 13.2. The van der Waals surface area contributed by atoms with E-state index >= 15 is 0 Å². The summed E-state index contributed by atoms with van der Waals surface area (Å²) in [5, 5.41) is 23.7. The fourth-order valence-electron chi connectivity index (χ4n) is 7.42. The average molecular weight is 890 g/mol. The molecule has 1 amide bonds. The SMILES string of the molecule is CC/C=C\C/C=C\C/C=C\C/C=C\C/C=C\C/C=C\C(CC(=O)NC(CO)C(O)CCCCCCCCCCCC)OC(=O)CCCCCCC/C=C/C=C/CCCCCCCCC. The predicted octanol–water partition coefficient (Wildman–Crippen LogP) is 16.1. The molecule has 0 radical (unpaired) electrons. The number of aliphatic hydroxyl groups excluding tert-OH is 2. The zero-order chi connectivity index (χ0) is 46.7. The summed E-state index contributed by atoms with van der Waals surface area (Å²) in [5.74, 6) is -0.653. The molecule has 6 heteroatoms. The van der Waals surface area contributed by atoms with E-state index in [2.05, 4.69) is 111 Å². The van der Waals surface area contributed by atoms with Crippen molar-refractivity contribution in [2.45, 2.75) is 251 Å². The Morgan fingerprint density at radius 2 is 0.906 bits per heavy atom. The van der Waals surface area contributed by atoms with Crippen molar-refractivity contribution in [2.75, 3.05) is 6.61 Å². The summed E-state index contributed by atoms with van der Waals surface area (Å²) in [6.07, 6.45) is 67.9. The van der Waals surface area contributed by atoms with Crippen LogP contribution in [0.25, 0.3) is 0 Å². The fraction of sp³-hybridized carbons (Fsp3) is 0.690. The van der Waals surface area contributed by atoms with Gasteiger partial charge in [0.25, 0.3) is 0 Å². The van der Waals surface area contributed by atoms with Gasteiger partial charge in [-0.3, -0.25) is 9.59 Å². The third-order valence-electron chi connectivity index (χ3n) is 11.4. The lowest BCUT2D eigenvalue weighted by Gasteiger charge is -2.23. The molecule has 0 aliphatic carbocycles. The molecule has 0 aromatic carbocycles. The number of amides is 1. The van der Waals surface area contributed by atoms with Gasteiger partial charge in [-0.05, 0) is 83.1 Å². The molecular formula is C58H99NO5. The molecule has 0 bridgehead atoms. The van der Waals surface area contributed by atoms with Crippen LogP contribution in [-0.2, 0) is 14.3 Å². The van der Waals surface area contributed by atoms with Crippen molar-refractivity contribution in [1.82, 2.24) is 5.32 Å². The second-order valence-electron chi connectivity index (χ2n) is 17.6. The zero-order valence-corrected chi connectivity index (χ0v) is 41.6. The first-order chi connectivity index (χ1) is 31.5. The van der Waals surface area contributed by atoms with Gasteiger partial charge in [0.05, 0.1) is 25.2 Å². The number of ether oxygens (including phenoxy) is 1. The number of allylic oxidation sites excluding steroid dienone is 15. The molecule has 0 aliphatic heterocycles. The number of aliphatic hydroxyl groups is 2. The molecule has 0 fully saturated rings. The number of rotatable bonds is 46. The molecule has 3 unspecified atom stereocenters. The van der Waals surface area contributed by atoms with E-state index in [0.29, 0.717) is 19.3 Å². The molecule has 0 spiro atoms. The minimum absolute atomic E-state index is 0.0583. The molecule has 0 rings (SSSR count). The van der Waals surface area contributed by atoms with Crippen LogP contribution in [0.5, 0.6) is 0 Å². The van der Waals surface area contributed by atoms with Crippen molar-refractivity contribution in [3.8, 4) is 0 Å². The van der Waals surface area contributed by atoms with Gasteiger partial charge in [-0.2, -0.15) is 0 Å². The van der Waals surface area contributed by atoms with Crippen molar-refractivity contribution in [1.29, 1.82) is 0 Å². The molecule has 0 aromatic heterocycles. The molecule has 0 heterocycles. The van der Waals surface area contributed by atoms with Gasteiger partial charge < -0.3 is 20.3 Å². The van der Waals surface area contributed by atoms with Crippen LogP contribution in [0.4, 0.5) is 0 Å². The van der Waals surface area contributed by atoms with Gasteiger partial charge in [0.2, 0.25) is 5.91 Å². The van der Waals surface area contributed by atoms with Gasteiger partial charge in [0, 0.05) is 6.42 Å². The first-order valence-corrected chi connectivity index (χ1v) is 26.5. The van der Waals surface area contributed by atoms with Crippen molar-refractivity contribution in [2.24, 2.45) is 0 Å². The van der Waals surface area contributed by atoms with E-state index in [1.165, 1.54) is 96.3 Å². The lowest BCUT2D eigenvalue weighted by atomic mass is 10.0. The molecule has 0 saturated heterocycles. The largest absolute Gasteiger partial charge is 0.458 e. The van der Waals surface area contributed by atoms with Crippen LogP contribution >= 0.6 is 0 Å². The Hall–Kier alpha value is -3.22. The number of carbonyl (C=O) groups excluding carboxylic acids is 2. The molecular weight excluding hydrogens is 791 g/mol. The Bertz CT molecular complexity index is 1270. The molecule has 0 aromatic rings. The van der Waals surface area contributed by atoms with Gasteiger partial charge in [-0.15, -0.1) is 0 Å². The molecule has 3 N–H and O–H groups in total. The van der Waals surface area contributed by atoms with Crippen LogP contribution in [0.15, 0.2) is 97.2 Å². The van der Waals surface area contributed by atoms with Crippen molar-refractivity contribution < 1.29 is 24.5 Å². The smallest absolute Gasteiger partial charge is 0.306 e. The number of unbranched alkanes of at least 4 members (excludes halogenated alkanes) is 21. The van der Waals surface area contributed by atoms with E-state index in [1.54, 1.807) is 6.08 Å². The van der Waals surface area contributed by atoms with E-state index in [4.69, 9.17) is 4.74 Å². The summed E-state index contributed by atoms with van der Waals surface area (Å²) in [6.45, 7) is 6.31. The summed E-state index contributed by atoms with van der Waals surface area (Å²) in [7, 11) is 0. The molecule has 366 valence electrons. The van der Waals surface area contributed by atoms with Crippen LogP contribution < -0.4 is 5.32 Å². The quantitative estimate of drug-likeness (QED) is 0.0245. The Morgan fingerprint density at radius 3 is 1.36 bits per heavy atom. The first kappa shape index (κ1) is 60.8. The Kier molecular flexibility index (Phi) is 48.2. The topological polar surface area (TPSA) is 95.9 Å². The number of carbonyl (C=O) groups is 2. The van der Waals surface area contributed by atoms with E-state index < -0.39 is 18.2 Å². The third kappa shape index (κ3) is 45.4. The lowest BCUT2D eigenvalue weighted by Crippen LogP contribution is -2.46. The van der Waals surface area contributed by atoms with E-state index in [0.717, 1.165) is 89.9 Å². The summed E-state index contributed by atoms with van der Waals surface area (Å²) in [4.78, 5) is 26.1. The first-order valence-electron chi connectivity index (χ1n) is 26.5. The summed E-state index contributed by atoms with van der Waals surface area (Å²) >= 11 is 0. The van der Waals surface area contributed by atoms with Crippen LogP contribution in [0, 0.1) is 0 Å². The second-order valence-corrected chi connectivity index (χ2v) is 17.6. The predicted molar refractivity (Wildman–Crippen MR) is 277 cm³/mol. The monoisotopic (exact) mass is 890 g/mol. The third-order valence-corrected chi connectivity index (χ3v) is 11.4. The Morgan fingerprint density at radius 1 is 0.500 bits per heavy atom. The Labute approximate surface area is 395 Å². The van der Waals surface area contributed by atoms with Crippen LogP contribution in [0.3, 0.4) is 0 Å². The summed E-state index contributed by atoms with van der Waals surface area (Å²) < 4.78 is 5.82. The van der Waals surface area contributed by atoms with E-state index in [9.17, 15) is 19.8 Å². The minimum atomic E-state index is -0.827. The average Bonchev–Trinajstić information content (AvgIpc) is 3.29. The molecule has 6 nitrogen and oxygen atoms in total. The van der Waals surface area contributed by atoms with Gasteiger partial charge in [-0.25, -0.2) is 0 Å². The standard InChI is InChI=1S/C58H99NO5/c1-4-7-10-13-16-19-22-24-26-28-30-32-34-36-39-42-45-48-51-58(63)64-54(49-46-43-40-37-35-33-31-29-27-25-23-20-17-14-11-8-5-2)52-57(62)59-55(53-60)56(61)50-47-44-41-38-21-18-15-12-9-6-3/h8,11,17,20,25-28,30-33,37,40,46,49,54-56,60-61H,4-7,9-10,12-16,18-19,21-24,29,34-36,38-39,41-45,47-48,50-53H2,1-3H3,(H,59,62)/b11-8-,20-17-,27-25-,28-26+,32-30+,33-31-,40-37-,49-46-. The number of nitrogens with one attached hydrogen (secondary N) is 1. The molecule has 0 saturated carbocycles. The summed E-state index contributed by atoms with van der Waals surface area (Å²) in [6, 6.07) is -0.751. The van der Waals surface area contributed by atoms with Crippen molar-refractivity contribution in [3.63, 3.8) is 0 Å². The van der Waals surface area contributed by atoms with Gasteiger partial charge in [0.1, 0.15) is 6.10 Å². The maximum Gasteiger partial charge on any atom is 0.306 e. The van der Waals surface area contributed by atoms with Gasteiger partial charge >= 0.3 is 5.97 Å². The van der Waals surface area contributed by atoms with Gasteiger partial charge in [-0.1, -0.05) is 234 Å². The minimum Gasteiger partial charge on any atom is -0.458 e. The molecule has 64 heavy (non-hydrogen) atoms. The highest BCUT2D eigenvalue weighted by Crippen LogP contribution is 2.15. The highest BCUT2D eigenvalue weighted by Gasteiger charge is 2.23. The zero-order valence-electron chi connectivity index (χ0n) is 41.6. The highest BCUT2D eigenvalue weighted by atomic mass is 16.5. The van der Waals surface area contributed by atoms with Crippen LogP contribution in [-0.4, -0.2) is 46.9 Å².